The standard InChI is InChI=1S/C11H18N2O/c1-8(2)7-13-6-4-5-10(9(3)12)11(13)14/h4-6,8-9H,7,12H2,1-3H3. The summed E-state index contributed by atoms with van der Waals surface area (Å²) in [6, 6.07) is 3.48. The molecule has 78 valence electrons. The molecule has 0 radical (unpaired) electrons. The molecule has 14 heavy (non-hydrogen) atoms. The molecule has 1 rings (SSSR count). The van der Waals surface area contributed by atoms with Crippen LogP contribution in [0.3, 0.4) is 0 Å². The van der Waals surface area contributed by atoms with E-state index in [2.05, 4.69) is 13.8 Å². The van der Waals surface area contributed by atoms with Crippen LogP contribution in [-0.2, 0) is 6.54 Å². The third-order valence-corrected chi connectivity index (χ3v) is 2.10. The first kappa shape index (κ1) is 11.0. The summed E-state index contributed by atoms with van der Waals surface area (Å²) < 4.78 is 1.73. The molecule has 0 aliphatic carbocycles. The second-order valence-electron chi connectivity index (χ2n) is 4.10. The molecule has 1 unspecified atom stereocenters. The number of nitrogens with two attached hydrogens (primary N) is 1. The second kappa shape index (κ2) is 4.42. The molecule has 0 saturated carbocycles. The molecule has 3 nitrogen and oxygen atoms in total. The van der Waals surface area contributed by atoms with E-state index in [0.717, 1.165) is 6.54 Å². The molecule has 1 atom stereocenters. The molecule has 0 aliphatic rings. The van der Waals surface area contributed by atoms with Gasteiger partial charge in [0, 0.05) is 24.3 Å². The summed E-state index contributed by atoms with van der Waals surface area (Å²) in [5.74, 6) is 0.469. The largest absolute Gasteiger partial charge is 0.324 e. The number of rotatable bonds is 3. The lowest BCUT2D eigenvalue weighted by Gasteiger charge is -2.11. The van der Waals surface area contributed by atoms with Crippen molar-refractivity contribution in [3.63, 3.8) is 0 Å². The number of aromatic nitrogens is 1. The van der Waals surface area contributed by atoms with Crippen molar-refractivity contribution in [2.45, 2.75) is 33.4 Å². The van der Waals surface area contributed by atoms with Crippen molar-refractivity contribution in [3.8, 4) is 0 Å². The highest BCUT2D eigenvalue weighted by molar-refractivity contribution is 5.13. The van der Waals surface area contributed by atoms with Crippen LogP contribution in [0.15, 0.2) is 23.1 Å². The third-order valence-electron chi connectivity index (χ3n) is 2.10. The van der Waals surface area contributed by atoms with Gasteiger partial charge in [-0.15, -0.1) is 0 Å². The average molecular weight is 194 g/mol. The summed E-state index contributed by atoms with van der Waals surface area (Å²) in [6.07, 6.45) is 1.81. The first-order valence-electron chi connectivity index (χ1n) is 4.97. The van der Waals surface area contributed by atoms with Crippen molar-refractivity contribution in [1.82, 2.24) is 4.57 Å². The van der Waals surface area contributed by atoms with Crippen LogP contribution in [0.25, 0.3) is 0 Å². The first-order valence-corrected chi connectivity index (χ1v) is 4.97. The van der Waals surface area contributed by atoms with Crippen LogP contribution in [0.5, 0.6) is 0 Å². The van der Waals surface area contributed by atoms with Gasteiger partial charge >= 0.3 is 0 Å². The summed E-state index contributed by atoms with van der Waals surface area (Å²) in [6.45, 7) is 6.76. The van der Waals surface area contributed by atoms with Gasteiger partial charge in [-0.05, 0) is 18.9 Å². The molecule has 0 fully saturated rings. The molecule has 0 saturated heterocycles. The van der Waals surface area contributed by atoms with Crippen LogP contribution in [0.2, 0.25) is 0 Å². The van der Waals surface area contributed by atoms with Gasteiger partial charge in [0.25, 0.3) is 5.56 Å². The van der Waals surface area contributed by atoms with Gasteiger partial charge in [0.15, 0.2) is 0 Å². The van der Waals surface area contributed by atoms with Gasteiger partial charge in [-0.25, -0.2) is 0 Å². The average Bonchev–Trinajstić information content (AvgIpc) is 2.07. The van der Waals surface area contributed by atoms with Gasteiger partial charge < -0.3 is 10.3 Å². The molecule has 0 amide bonds. The van der Waals surface area contributed by atoms with Gasteiger partial charge in [-0.3, -0.25) is 4.79 Å². The molecule has 0 aromatic carbocycles. The minimum Gasteiger partial charge on any atom is -0.324 e. The van der Waals surface area contributed by atoms with E-state index in [1.54, 1.807) is 10.6 Å². The fraction of sp³-hybridized carbons (Fsp3) is 0.545. The topological polar surface area (TPSA) is 48.0 Å². The molecule has 0 bridgehead atoms. The molecule has 3 heteroatoms. The Bertz CT molecular complexity index is 353. The molecule has 1 aromatic rings. The normalized spacial score (nSPS) is 13.2. The van der Waals surface area contributed by atoms with Crippen LogP contribution < -0.4 is 11.3 Å². The lowest BCUT2D eigenvalue weighted by atomic mass is 10.1. The Morgan fingerprint density at radius 1 is 1.43 bits per heavy atom. The molecule has 1 aromatic heterocycles. The monoisotopic (exact) mass is 194 g/mol. The van der Waals surface area contributed by atoms with Crippen LogP contribution in [-0.4, -0.2) is 4.57 Å². The van der Waals surface area contributed by atoms with E-state index >= 15 is 0 Å². The minimum absolute atomic E-state index is 0.0381. The number of nitrogens with zero attached hydrogens (tertiary/aromatic N) is 1. The van der Waals surface area contributed by atoms with E-state index < -0.39 is 0 Å². The first-order chi connectivity index (χ1) is 6.52. The number of hydrogen-bond donors (Lipinski definition) is 1. The second-order valence-corrected chi connectivity index (χ2v) is 4.10. The Morgan fingerprint density at radius 2 is 2.07 bits per heavy atom. The fourth-order valence-electron chi connectivity index (χ4n) is 1.44. The highest BCUT2D eigenvalue weighted by atomic mass is 16.1. The van der Waals surface area contributed by atoms with Crippen molar-refractivity contribution in [2.75, 3.05) is 0 Å². The van der Waals surface area contributed by atoms with E-state index in [0.29, 0.717) is 11.5 Å². The van der Waals surface area contributed by atoms with E-state index in [4.69, 9.17) is 5.73 Å². The summed E-state index contributed by atoms with van der Waals surface area (Å²) in [4.78, 5) is 11.8. The Balaban J connectivity index is 3.08. The van der Waals surface area contributed by atoms with Gasteiger partial charge in [-0.1, -0.05) is 19.9 Å². The molecule has 0 spiro atoms. The number of hydrogen-bond acceptors (Lipinski definition) is 2. The molecule has 1 heterocycles. The van der Waals surface area contributed by atoms with E-state index in [1.165, 1.54) is 0 Å². The zero-order valence-corrected chi connectivity index (χ0v) is 9.03. The maximum atomic E-state index is 11.8. The highest BCUT2D eigenvalue weighted by Crippen LogP contribution is 2.03. The van der Waals surface area contributed by atoms with Crippen LogP contribution >= 0.6 is 0 Å². The van der Waals surface area contributed by atoms with Gasteiger partial charge in [-0.2, -0.15) is 0 Å². The minimum atomic E-state index is -0.192. The van der Waals surface area contributed by atoms with Gasteiger partial charge in [0.2, 0.25) is 0 Å². The predicted octanol–water partition coefficient (Wildman–Crippen LogP) is 1.52. The Morgan fingerprint density at radius 3 is 2.57 bits per heavy atom. The van der Waals surface area contributed by atoms with E-state index in [9.17, 15) is 4.79 Å². The Labute approximate surface area is 84.6 Å². The van der Waals surface area contributed by atoms with Crippen molar-refractivity contribution < 1.29 is 0 Å². The van der Waals surface area contributed by atoms with Crippen molar-refractivity contribution in [1.29, 1.82) is 0 Å². The van der Waals surface area contributed by atoms with Gasteiger partial charge in [0.1, 0.15) is 0 Å². The van der Waals surface area contributed by atoms with Crippen molar-refractivity contribution >= 4 is 0 Å². The molecular formula is C11H18N2O. The maximum absolute atomic E-state index is 11.8. The smallest absolute Gasteiger partial charge is 0.255 e. The SMILES string of the molecule is CC(C)Cn1cccc(C(C)N)c1=O. The van der Waals surface area contributed by atoms with E-state index in [1.807, 2.05) is 19.2 Å². The Hall–Kier alpha value is -1.09. The lowest BCUT2D eigenvalue weighted by molar-refractivity contribution is 0.506. The highest BCUT2D eigenvalue weighted by Gasteiger charge is 2.07. The van der Waals surface area contributed by atoms with Crippen LogP contribution in [0.1, 0.15) is 32.4 Å². The zero-order chi connectivity index (χ0) is 10.7. The maximum Gasteiger partial charge on any atom is 0.255 e. The summed E-state index contributed by atoms with van der Waals surface area (Å²) in [5.41, 5.74) is 6.43. The van der Waals surface area contributed by atoms with Gasteiger partial charge in [0.05, 0.1) is 0 Å². The quantitative estimate of drug-likeness (QED) is 0.793. The van der Waals surface area contributed by atoms with Crippen LogP contribution in [0, 0.1) is 5.92 Å². The van der Waals surface area contributed by atoms with Crippen molar-refractivity contribution in [3.05, 3.63) is 34.2 Å². The summed E-state index contributed by atoms with van der Waals surface area (Å²) >= 11 is 0. The molecular weight excluding hydrogens is 176 g/mol. The molecule has 0 aliphatic heterocycles. The molecule has 2 N–H and O–H groups in total. The van der Waals surface area contributed by atoms with E-state index in [-0.39, 0.29) is 11.6 Å². The zero-order valence-electron chi connectivity index (χ0n) is 9.03. The fourth-order valence-corrected chi connectivity index (χ4v) is 1.44. The van der Waals surface area contributed by atoms with Crippen LogP contribution in [0.4, 0.5) is 0 Å². The van der Waals surface area contributed by atoms with Crippen molar-refractivity contribution in [2.24, 2.45) is 11.7 Å². The third kappa shape index (κ3) is 2.45. The summed E-state index contributed by atoms with van der Waals surface area (Å²) in [5, 5.41) is 0. The number of pyridine rings is 1. The summed E-state index contributed by atoms with van der Waals surface area (Å²) in [7, 11) is 0. The lowest BCUT2D eigenvalue weighted by Crippen LogP contribution is -2.27. The predicted molar refractivity (Wildman–Crippen MR) is 58.1 cm³/mol. The Kier molecular flexibility index (Phi) is 3.47.